The summed E-state index contributed by atoms with van der Waals surface area (Å²) in [4.78, 5) is 0. The fourth-order valence-corrected chi connectivity index (χ4v) is 1.69. The maximum absolute atomic E-state index is 13.0. The second-order valence-corrected chi connectivity index (χ2v) is 6.76. The number of rotatable bonds is 2. The molecule has 0 fully saturated rings. The summed E-state index contributed by atoms with van der Waals surface area (Å²) >= 11 is 0. The van der Waals surface area contributed by atoms with Crippen molar-refractivity contribution in [3.63, 3.8) is 0 Å². The summed E-state index contributed by atoms with van der Waals surface area (Å²) < 4.78 is 65.5. The van der Waals surface area contributed by atoms with Crippen molar-refractivity contribution in [1.29, 1.82) is 0 Å². The quantitative estimate of drug-likeness (QED) is 0.604. The zero-order chi connectivity index (χ0) is 14.8. The Morgan fingerprint density at radius 2 is 1.79 bits per heavy atom. The van der Waals surface area contributed by atoms with Crippen molar-refractivity contribution < 1.29 is 21.8 Å². The average Bonchev–Trinajstić information content (AvgIpc) is 2.22. The highest BCUT2D eigenvalue weighted by Gasteiger charge is 2.33. The molecule has 0 spiro atoms. The highest BCUT2D eigenvalue weighted by molar-refractivity contribution is 7.85. The molecule has 0 aromatic heterocycles. The van der Waals surface area contributed by atoms with Crippen LogP contribution in [0.1, 0.15) is 31.9 Å². The van der Waals surface area contributed by atoms with E-state index in [1.165, 1.54) is 0 Å². The Bertz CT molecular complexity index is 517. The fraction of sp³-hybridized carbons (Fsp3) is 0.417. The van der Waals surface area contributed by atoms with Crippen molar-refractivity contribution in [2.45, 2.75) is 31.7 Å². The third kappa shape index (κ3) is 4.41. The van der Waals surface area contributed by atoms with Gasteiger partial charge in [-0.3, -0.25) is 0 Å². The van der Waals surface area contributed by atoms with Crippen LogP contribution in [0.5, 0.6) is 0 Å². The largest absolute Gasteiger partial charge is 0.417 e. The normalized spacial score (nSPS) is 14.9. The maximum atomic E-state index is 13.0. The van der Waals surface area contributed by atoms with Gasteiger partial charge in [0.1, 0.15) is 16.8 Å². The predicted octanol–water partition coefficient (Wildman–Crippen LogP) is 3.73. The lowest BCUT2D eigenvalue weighted by atomic mass is 10.1. The number of nitrogens with zero attached hydrogens (tertiary/aromatic N) is 1. The summed E-state index contributed by atoms with van der Waals surface area (Å²) in [6.45, 7) is 4.91. The zero-order valence-corrected chi connectivity index (χ0v) is 11.4. The molecule has 2 nitrogen and oxygen atoms in total. The summed E-state index contributed by atoms with van der Waals surface area (Å²) in [6, 6.07) is 2.07. The molecule has 19 heavy (non-hydrogen) atoms. The second kappa shape index (κ2) is 5.40. The van der Waals surface area contributed by atoms with Crippen LogP contribution in [-0.4, -0.2) is 15.2 Å². The first kappa shape index (κ1) is 15.8. The lowest BCUT2D eigenvalue weighted by Gasteiger charge is -2.13. The van der Waals surface area contributed by atoms with E-state index in [0.29, 0.717) is 12.1 Å². The predicted molar refractivity (Wildman–Crippen MR) is 66.9 cm³/mol. The standard InChI is InChI=1S/C12H13F4NOS/c1-11(2,3)19(18)17-7-8-6-9(13)4-5-10(8)12(14,15)16/h4-7H,1-3H3/t19-/m0/s1. The van der Waals surface area contributed by atoms with Gasteiger partial charge in [-0.2, -0.15) is 17.6 Å². The molecule has 0 unspecified atom stereocenters. The number of alkyl halides is 3. The molecule has 1 aromatic rings. The summed E-state index contributed by atoms with van der Waals surface area (Å²) in [5, 5.41) is 0. The molecule has 0 N–H and O–H groups in total. The van der Waals surface area contributed by atoms with E-state index in [2.05, 4.69) is 4.40 Å². The van der Waals surface area contributed by atoms with Gasteiger partial charge >= 0.3 is 6.18 Å². The molecule has 0 radical (unpaired) electrons. The van der Waals surface area contributed by atoms with Gasteiger partial charge in [0.15, 0.2) is 0 Å². The van der Waals surface area contributed by atoms with Crippen molar-refractivity contribution >= 4 is 17.2 Å². The Labute approximate surface area is 111 Å². The van der Waals surface area contributed by atoms with Crippen molar-refractivity contribution in [3.05, 3.63) is 35.1 Å². The van der Waals surface area contributed by atoms with Crippen LogP contribution in [0.3, 0.4) is 0 Å². The molecule has 0 aliphatic rings. The lowest BCUT2D eigenvalue weighted by molar-refractivity contribution is -0.137. The van der Waals surface area contributed by atoms with E-state index in [9.17, 15) is 21.8 Å². The molecule has 0 aliphatic heterocycles. The molecule has 106 valence electrons. The number of benzene rings is 1. The van der Waals surface area contributed by atoms with Gasteiger partial charge in [-0.15, -0.1) is 0 Å². The number of halogens is 4. The third-order valence-corrected chi connectivity index (χ3v) is 3.48. The minimum Gasteiger partial charge on any atom is -0.234 e. The van der Waals surface area contributed by atoms with Gasteiger partial charge in [0.05, 0.1) is 10.3 Å². The lowest BCUT2D eigenvalue weighted by Crippen LogP contribution is -2.20. The Balaban J connectivity index is 3.17. The Hall–Kier alpha value is -1.24. The third-order valence-electron chi connectivity index (χ3n) is 2.13. The smallest absolute Gasteiger partial charge is 0.234 e. The van der Waals surface area contributed by atoms with Crippen LogP contribution >= 0.6 is 0 Å². The minimum absolute atomic E-state index is 0.440. The van der Waals surface area contributed by atoms with Crippen LogP contribution in [0, 0.1) is 5.82 Å². The SMILES string of the molecule is CC(C)(C)[S@](=O)N=Cc1cc(F)ccc1C(F)(F)F. The molecular formula is C12H13F4NOS. The van der Waals surface area contributed by atoms with Crippen LogP contribution in [0.4, 0.5) is 17.6 Å². The van der Waals surface area contributed by atoms with E-state index in [0.717, 1.165) is 12.3 Å². The molecule has 1 rings (SSSR count). The molecule has 0 saturated carbocycles. The van der Waals surface area contributed by atoms with Crippen LogP contribution in [0.15, 0.2) is 22.6 Å². The summed E-state index contributed by atoms with van der Waals surface area (Å²) in [7, 11) is -1.70. The van der Waals surface area contributed by atoms with E-state index in [4.69, 9.17) is 0 Å². The van der Waals surface area contributed by atoms with E-state index < -0.39 is 38.9 Å². The van der Waals surface area contributed by atoms with Gasteiger partial charge in [0.25, 0.3) is 0 Å². The second-order valence-electron chi connectivity index (χ2n) is 4.83. The van der Waals surface area contributed by atoms with Gasteiger partial charge in [0.2, 0.25) is 0 Å². The van der Waals surface area contributed by atoms with E-state index in [1.807, 2.05) is 0 Å². The first-order valence-corrected chi connectivity index (χ1v) is 6.45. The first-order chi connectivity index (χ1) is 8.51. The van der Waals surface area contributed by atoms with E-state index in [1.54, 1.807) is 20.8 Å². The zero-order valence-electron chi connectivity index (χ0n) is 10.6. The molecule has 0 amide bonds. The van der Waals surface area contributed by atoms with Crippen molar-refractivity contribution in [1.82, 2.24) is 0 Å². The summed E-state index contributed by atoms with van der Waals surface area (Å²) in [6.07, 6.45) is -3.81. The van der Waals surface area contributed by atoms with Gasteiger partial charge < -0.3 is 0 Å². The van der Waals surface area contributed by atoms with E-state index >= 15 is 0 Å². The first-order valence-electron chi connectivity index (χ1n) is 5.34. The van der Waals surface area contributed by atoms with Gasteiger partial charge in [-0.1, -0.05) is 0 Å². The van der Waals surface area contributed by atoms with Gasteiger partial charge in [-0.05, 0) is 39.0 Å². The van der Waals surface area contributed by atoms with E-state index in [-0.39, 0.29) is 0 Å². The highest BCUT2D eigenvalue weighted by Crippen LogP contribution is 2.31. The van der Waals surface area contributed by atoms with Crippen LogP contribution in [-0.2, 0) is 17.2 Å². The molecular weight excluding hydrogens is 282 g/mol. The van der Waals surface area contributed by atoms with Crippen LogP contribution in [0.2, 0.25) is 0 Å². The fourth-order valence-electron chi connectivity index (χ4n) is 1.16. The summed E-state index contributed by atoms with van der Waals surface area (Å²) in [5.74, 6) is -0.809. The van der Waals surface area contributed by atoms with Crippen molar-refractivity contribution in [2.75, 3.05) is 0 Å². The number of hydrogen-bond acceptors (Lipinski definition) is 1. The highest BCUT2D eigenvalue weighted by atomic mass is 32.2. The van der Waals surface area contributed by atoms with Crippen LogP contribution in [0.25, 0.3) is 0 Å². The maximum Gasteiger partial charge on any atom is 0.417 e. The molecule has 1 atom stereocenters. The Morgan fingerprint density at radius 1 is 1.21 bits per heavy atom. The molecule has 0 heterocycles. The van der Waals surface area contributed by atoms with Gasteiger partial charge in [-0.25, -0.2) is 8.60 Å². The Kier molecular flexibility index (Phi) is 4.50. The molecule has 0 aliphatic carbocycles. The number of hydrogen-bond donors (Lipinski definition) is 0. The van der Waals surface area contributed by atoms with Crippen LogP contribution < -0.4 is 0 Å². The van der Waals surface area contributed by atoms with Crippen molar-refractivity contribution in [3.8, 4) is 0 Å². The van der Waals surface area contributed by atoms with Gasteiger partial charge in [0, 0.05) is 11.8 Å². The summed E-state index contributed by atoms with van der Waals surface area (Å²) in [5.41, 5.74) is -1.45. The topological polar surface area (TPSA) is 29.4 Å². The van der Waals surface area contributed by atoms with Crippen molar-refractivity contribution in [2.24, 2.45) is 4.40 Å². The Morgan fingerprint density at radius 3 is 2.26 bits per heavy atom. The molecule has 0 bridgehead atoms. The minimum atomic E-state index is -4.61. The monoisotopic (exact) mass is 295 g/mol. The molecule has 0 saturated heterocycles. The molecule has 1 aromatic carbocycles. The molecule has 7 heteroatoms. The average molecular weight is 295 g/mol.